The van der Waals surface area contributed by atoms with Crippen LogP contribution in [0.15, 0.2) is 24.3 Å². The summed E-state index contributed by atoms with van der Waals surface area (Å²) in [6.07, 6.45) is 0.508. The molecule has 0 aliphatic carbocycles. The second kappa shape index (κ2) is 8.81. The molecular weight excluding hydrogens is 328 g/mol. The van der Waals surface area contributed by atoms with E-state index in [1.807, 2.05) is 11.4 Å². The Kier molecular flexibility index (Phi) is 6.50. The molecule has 2 rings (SSSR count). The van der Waals surface area contributed by atoms with Gasteiger partial charge in [-0.1, -0.05) is 12.1 Å². The second-order valence-electron chi connectivity index (χ2n) is 5.46. The van der Waals surface area contributed by atoms with Gasteiger partial charge in [0.15, 0.2) is 6.61 Å². The number of nitrogens with one attached hydrogen (secondary N) is 1. The van der Waals surface area contributed by atoms with E-state index in [4.69, 9.17) is 4.74 Å². The predicted octanol–water partition coefficient (Wildman–Crippen LogP) is 1.24. The molecule has 134 valence electrons. The molecule has 1 fully saturated rings. The lowest BCUT2D eigenvalue weighted by Crippen LogP contribution is -2.34. The molecule has 0 radical (unpaired) electrons. The zero-order valence-electron chi connectivity index (χ0n) is 13.9. The molecule has 0 bridgehead atoms. The van der Waals surface area contributed by atoms with Crippen molar-refractivity contribution in [2.75, 3.05) is 19.8 Å². The predicted molar refractivity (Wildman–Crippen MR) is 86.5 cm³/mol. The van der Waals surface area contributed by atoms with Gasteiger partial charge in [-0.2, -0.15) is 0 Å². The van der Waals surface area contributed by atoms with Gasteiger partial charge in [-0.05, 0) is 31.0 Å². The van der Waals surface area contributed by atoms with E-state index < -0.39 is 24.6 Å². The van der Waals surface area contributed by atoms with Crippen molar-refractivity contribution in [3.05, 3.63) is 35.4 Å². The first-order valence-electron chi connectivity index (χ1n) is 8.00. The van der Waals surface area contributed by atoms with Gasteiger partial charge in [-0.15, -0.1) is 0 Å². The number of benzene rings is 1. The van der Waals surface area contributed by atoms with Gasteiger partial charge >= 0.3 is 12.1 Å². The Labute approximate surface area is 145 Å². The molecule has 8 heteroatoms. The minimum absolute atomic E-state index is 0.101. The first kappa shape index (κ1) is 18.4. The van der Waals surface area contributed by atoms with Gasteiger partial charge in [0.05, 0.1) is 12.2 Å². The highest BCUT2D eigenvalue weighted by molar-refractivity contribution is 5.95. The normalized spacial score (nSPS) is 13.5. The molecule has 1 N–H and O–H groups in total. The van der Waals surface area contributed by atoms with Crippen LogP contribution >= 0.6 is 0 Å². The number of imide groups is 1. The summed E-state index contributed by atoms with van der Waals surface area (Å²) in [5, 5.41) is 1.93. The van der Waals surface area contributed by atoms with E-state index in [2.05, 4.69) is 4.74 Å². The Morgan fingerprint density at radius 2 is 2.04 bits per heavy atom. The largest absolute Gasteiger partial charge is 0.452 e. The molecule has 1 aliphatic heterocycles. The third-order valence-corrected chi connectivity index (χ3v) is 3.56. The molecule has 0 aromatic heterocycles. The number of carbonyl (C=O) groups is 4. The molecule has 0 unspecified atom stereocenters. The standard InChI is InChI=1S/C17H20N2O6/c1-2-24-17(23)18-14(20)11-25-16(22)13-6-3-5-12(9-13)10-19-8-4-7-15(19)21/h3,5-6,9H,2,4,7-8,10-11H2,1H3,(H,18,20,23). The number of hydrogen-bond donors (Lipinski definition) is 1. The quantitative estimate of drug-likeness (QED) is 0.776. The van der Waals surface area contributed by atoms with Crippen LogP contribution in [0.1, 0.15) is 35.7 Å². The van der Waals surface area contributed by atoms with Crippen molar-refractivity contribution in [1.82, 2.24) is 10.2 Å². The SMILES string of the molecule is CCOC(=O)NC(=O)COC(=O)c1cccc(CN2CCCC2=O)c1. The van der Waals surface area contributed by atoms with Crippen LogP contribution in [0.25, 0.3) is 0 Å². The fourth-order valence-electron chi connectivity index (χ4n) is 2.42. The molecule has 1 saturated heterocycles. The molecule has 0 saturated carbocycles. The van der Waals surface area contributed by atoms with Crippen LogP contribution in [-0.4, -0.2) is 48.5 Å². The molecule has 0 atom stereocenters. The van der Waals surface area contributed by atoms with Crippen LogP contribution in [0, 0.1) is 0 Å². The van der Waals surface area contributed by atoms with Crippen molar-refractivity contribution in [2.24, 2.45) is 0 Å². The lowest BCUT2D eigenvalue weighted by Gasteiger charge is -2.15. The second-order valence-corrected chi connectivity index (χ2v) is 5.46. The number of carbonyl (C=O) groups excluding carboxylic acids is 4. The molecule has 1 aromatic carbocycles. The summed E-state index contributed by atoms with van der Waals surface area (Å²) < 4.78 is 9.42. The molecule has 8 nitrogen and oxygen atoms in total. The summed E-state index contributed by atoms with van der Waals surface area (Å²) in [5.74, 6) is -1.36. The fraction of sp³-hybridized carbons (Fsp3) is 0.412. The number of hydrogen-bond acceptors (Lipinski definition) is 6. The van der Waals surface area contributed by atoms with Crippen molar-refractivity contribution >= 4 is 23.9 Å². The minimum atomic E-state index is -0.888. The smallest absolute Gasteiger partial charge is 0.413 e. The van der Waals surface area contributed by atoms with E-state index in [1.165, 1.54) is 0 Å². The van der Waals surface area contributed by atoms with Crippen LogP contribution in [0.2, 0.25) is 0 Å². The van der Waals surface area contributed by atoms with Gasteiger partial charge in [-0.25, -0.2) is 9.59 Å². The molecule has 25 heavy (non-hydrogen) atoms. The molecule has 1 aliphatic rings. The number of nitrogens with zero attached hydrogens (tertiary/aromatic N) is 1. The maximum Gasteiger partial charge on any atom is 0.413 e. The molecule has 0 spiro atoms. The third-order valence-electron chi connectivity index (χ3n) is 3.56. The average Bonchev–Trinajstić information content (AvgIpc) is 2.98. The van der Waals surface area contributed by atoms with Crippen molar-refractivity contribution in [1.29, 1.82) is 0 Å². The van der Waals surface area contributed by atoms with E-state index in [0.29, 0.717) is 19.5 Å². The average molecular weight is 348 g/mol. The summed E-state index contributed by atoms with van der Waals surface area (Å²) in [7, 11) is 0. The van der Waals surface area contributed by atoms with Gasteiger partial charge in [0.25, 0.3) is 5.91 Å². The monoisotopic (exact) mass is 348 g/mol. The summed E-state index contributed by atoms with van der Waals surface area (Å²) in [6, 6.07) is 6.68. The van der Waals surface area contributed by atoms with Crippen molar-refractivity contribution in [3.8, 4) is 0 Å². The maximum atomic E-state index is 12.0. The van der Waals surface area contributed by atoms with Crippen LogP contribution in [-0.2, 0) is 25.6 Å². The first-order chi connectivity index (χ1) is 12.0. The zero-order valence-corrected chi connectivity index (χ0v) is 13.9. The van der Waals surface area contributed by atoms with E-state index >= 15 is 0 Å². The zero-order chi connectivity index (χ0) is 18.2. The van der Waals surface area contributed by atoms with Crippen molar-refractivity contribution in [3.63, 3.8) is 0 Å². The Morgan fingerprint density at radius 1 is 1.24 bits per heavy atom. The number of ether oxygens (including phenoxy) is 2. The summed E-state index contributed by atoms with van der Waals surface area (Å²) in [5.41, 5.74) is 1.08. The van der Waals surface area contributed by atoms with Gasteiger partial charge < -0.3 is 14.4 Å². The van der Waals surface area contributed by atoms with Crippen LogP contribution in [0.3, 0.4) is 0 Å². The fourth-order valence-corrected chi connectivity index (χ4v) is 2.42. The highest BCUT2D eigenvalue weighted by Gasteiger charge is 2.20. The third kappa shape index (κ3) is 5.59. The van der Waals surface area contributed by atoms with Crippen LogP contribution in [0.4, 0.5) is 4.79 Å². The van der Waals surface area contributed by atoms with Crippen molar-refractivity contribution in [2.45, 2.75) is 26.3 Å². The van der Waals surface area contributed by atoms with E-state index in [-0.39, 0.29) is 18.1 Å². The Hall–Kier alpha value is -2.90. The summed E-state index contributed by atoms with van der Waals surface area (Å²) >= 11 is 0. The number of alkyl carbamates (subject to hydrolysis) is 1. The van der Waals surface area contributed by atoms with E-state index in [9.17, 15) is 19.2 Å². The Balaban J connectivity index is 1.87. The Morgan fingerprint density at radius 3 is 2.72 bits per heavy atom. The van der Waals surface area contributed by atoms with Gasteiger partial charge in [0.2, 0.25) is 5.91 Å². The highest BCUT2D eigenvalue weighted by atomic mass is 16.6. The molecular formula is C17H20N2O6. The number of esters is 1. The van der Waals surface area contributed by atoms with Crippen LogP contribution in [0.5, 0.6) is 0 Å². The Bertz CT molecular complexity index is 673. The first-order valence-corrected chi connectivity index (χ1v) is 8.00. The van der Waals surface area contributed by atoms with Gasteiger partial charge in [0.1, 0.15) is 0 Å². The minimum Gasteiger partial charge on any atom is -0.452 e. The lowest BCUT2D eigenvalue weighted by molar-refractivity contribution is -0.128. The number of amides is 3. The highest BCUT2D eigenvalue weighted by Crippen LogP contribution is 2.15. The van der Waals surface area contributed by atoms with Gasteiger partial charge in [-0.3, -0.25) is 14.9 Å². The van der Waals surface area contributed by atoms with E-state index in [1.54, 1.807) is 30.0 Å². The van der Waals surface area contributed by atoms with E-state index in [0.717, 1.165) is 12.0 Å². The topological polar surface area (TPSA) is 102 Å². The summed E-state index contributed by atoms with van der Waals surface area (Å²) in [4.78, 5) is 48.0. The van der Waals surface area contributed by atoms with Crippen molar-refractivity contribution < 1.29 is 28.7 Å². The summed E-state index contributed by atoms with van der Waals surface area (Å²) in [6.45, 7) is 2.29. The van der Waals surface area contributed by atoms with Crippen LogP contribution < -0.4 is 5.32 Å². The number of rotatable bonds is 6. The molecule has 1 heterocycles. The molecule has 1 aromatic rings. The lowest BCUT2D eigenvalue weighted by atomic mass is 10.1. The maximum absolute atomic E-state index is 12.0. The molecule has 3 amide bonds. The number of likely N-dealkylation sites (tertiary alicyclic amines) is 1. The van der Waals surface area contributed by atoms with Gasteiger partial charge in [0, 0.05) is 19.5 Å².